The summed E-state index contributed by atoms with van der Waals surface area (Å²) in [6.07, 6.45) is 4.65. The highest BCUT2D eigenvalue weighted by molar-refractivity contribution is 5.95. The Morgan fingerprint density at radius 2 is 2.00 bits per heavy atom. The zero-order chi connectivity index (χ0) is 19.0. The highest BCUT2D eigenvalue weighted by Crippen LogP contribution is 2.25. The molecule has 1 N–H and O–H groups in total. The van der Waals surface area contributed by atoms with Crippen LogP contribution in [0, 0.1) is 13.8 Å². The first-order valence-corrected chi connectivity index (χ1v) is 9.12. The Balaban J connectivity index is 1.62. The maximum absolute atomic E-state index is 13.0. The Hall–Kier alpha value is -3.15. The zero-order valence-electron chi connectivity index (χ0n) is 15.5. The number of benzene rings is 1. The van der Waals surface area contributed by atoms with Gasteiger partial charge in [0.15, 0.2) is 0 Å². The van der Waals surface area contributed by atoms with E-state index in [-0.39, 0.29) is 23.1 Å². The number of carbonyl (C=O) groups is 1. The molecule has 2 aromatic heterocycles. The fourth-order valence-corrected chi connectivity index (χ4v) is 3.64. The Morgan fingerprint density at radius 1 is 1.22 bits per heavy atom. The summed E-state index contributed by atoms with van der Waals surface area (Å²) in [6.45, 7) is 5.03. The maximum atomic E-state index is 13.0. The molecule has 138 valence electrons. The third-order valence-corrected chi connectivity index (χ3v) is 5.11. The summed E-state index contributed by atoms with van der Waals surface area (Å²) >= 11 is 0. The minimum absolute atomic E-state index is 0.153. The molecule has 0 radical (unpaired) electrons. The van der Waals surface area contributed by atoms with Crippen molar-refractivity contribution in [2.24, 2.45) is 0 Å². The van der Waals surface area contributed by atoms with Crippen molar-refractivity contribution in [3.63, 3.8) is 0 Å². The number of aromatic nitrogens is 3. The topological polar surface area (TPSA) is 71.0 Å². The van der Waals surface area contributed by atoms with Gasteiger partial charge in [-0.3, -0.25) is 14.3 Å². The average molecular weight is 362 g/mol. The fourth-order valence-electron chi connectivity index (χ4n) is 3.64. The SMILES string of the molecule is Cc1cnn(C2CCN(C(=O)c3cc(-c4ccccc4)c(C)[nH]c3=O)C2)c1. The van der Waals surface area contributed by atoms with Gasteiger partial charge in [-0.2, -0.15) is 5.10 Å². The standard InChI is InChI=1S/C21H22N4O2/c1-14-11-22-25(12-14)17-8-9-24(13-17)21(27)19-10-18(15(2)23-20(19)26)16-6-4-3-5-7-16/h3-7,10-12,17H,8-9,13H2,1-2H3,(H,23,26). The molecule has 0 saturated carbocycles. The number of carbonyl (C=O) groups excluding carboxylic acids is 1. The minimum atomic E-state index is -0.337. The molecule has 0 bridgehead atoms. The third kappa shape index (κ3) is 3.30. The van der Waals surface area contributed by atoms with Gasteiger partial charge in [-0.25, -0.2) is 0 Å². The van der Waals surface area contributed by atoms with Gasteiger partial charge < -0.3 is 9.88 Å². The first kappa shape index (κ1) is 17.3. The molecule has 3 aromatic rings. The predicted octanol–water partition coefficient (Wildman–Crippen LogP) is 2.94. The van der Waals surface area contributed by atoms with E-state index in [4.69, 9.17) is 0 Å². The first-order chi connectivity index (χ1) is 13.0. The molecule has 1 amide bonds. The second-order valence-electron chi connectivity index (χ2n) is 7.11. The molecule has 4 rings (SSSR count). The second-order valence-corrected chi connectivity index (χ2v) is 7.11. The van der Waals surface area contributed by atoms with Gasteiger partial charge in [0.05, 0.1) is 12.2 Å². The number of amides is 1. The van der Waals surface area contributed by atoms with E-state index >= 15 is 0 Å². The van der Waals surface area contributed by atoms with E-state index in [1.165, 1.54) is 0 Å². The Morgan fingerprint density at radius 3 is 2.70 bits per heavy atom. The van der Waals surface area contributed by atoms with Crippen LogP contribution in [0.3, 0.4) is 0 Å². The Bertz CT molecular complexity index is 1040. The van der Waals surface area contributed by atoms with Gasteiger partial charge >= 0.3 is 0 Å². The first-order valence-electron chi connectivity index (χ1n) is 9.12. The number of hydrogen-bond acceptors (Lipinski definition) is 3. The van der Waals surface area contributed by atoms with Crippen molar-refractivity contribution in [1.29, 1.82) is 0 Å². The van der Waals surface area contributed by atoms with E-state index in [1.807, 2.05) is 61.3 Å². The van der Waals surface area contributed by atoms with Gasteiger partial charge in [0, 0.05) is 30.5 Å². The van der Waals surface area contributed by atoms with Crippen molar-refractivity contribution in [3.05, 3.63) is 76.0 Å². The zero-order valence-corrected chi connectivity index (χ0v) is 15.5. The van der Waals surface area contributed by atoms with E-state index in [0.29, 0.717) is 13.1 Å². The van der Waals surface area contributed by atoms with Crippen molar-refractivity contribution in [2.45, 2.75) is 26.3 Å². The summed E-state index contributed by atoms with van der Waals surface area (Å²) in [5.74, 6) is -0.222. The molecule has 1 aliphatic heterocycles. The Labute approximate surface area is 157 Å². The van der Waals surface area contributed by atoms with Crippen LogP contribution >= 0.6 is 0 Å². The number of likely N-dealkylation sites (tertiary alicyclic amines) is 1. The molecular weight excluding hydrogens is 340 g/mol. The number of rotatable bonds is 3. The van der Waals surface area contributed by atoms with E-state index < -0.39 is 0 Å². The average Bonchev–Trinajstić information content (AvgIpc) is 3.31. The van der Waals surface area contributed by atoms with E-state index in [1.54, 1.807) is 11.0 Å². The third-order valence-electron chi connectivity index (χ3n) is 5.11. The lowest BCUT2D eigenvalue weighted by Gasteiger charge is -2.17. The van der Waals surface area contributed by atoms with E-state index in [2.05, 4.69) is 10.1 Å². The highest BCUT2D eigenvalue weighted by Gasteiger charge is 2.30. The smallest absolute Gasteiger partial charge is 0.261 e. The summed E-state index contributed by atoms with van der Waals surface area (Å²) in [4.78, 5) is 30.1. The largest absolute Gasteiger partial charge is 0.336 e. The molecule has 1 unspecified atom stereocenters. The van der Waals surface area contributed by atoms with Crippen molar-refractivity contribution < 1.29 is 4.79 Å². The van der Waals surface area contributed by atoms with Crippen LogP contribution in [0.25, 0.3) is 11.1 Å². The van der Waals surface area contributed by atoms with Crippen LogP contribution in [-0.2, 0) is 0 Å². The molecule has 1 atom stereocenters. The lowest BCUT2D eigenvalue weighted by Crippen LogP contribution is -2.33. The molecular formula is C21H22N4O2. The quantitative estimate of drug-likeness (QED) is 0.779. The minimum Gasteiger partial charge on any atom is -0.336 e. The van der Waals surface area contributed by atoms with Crippen molar-refractivity contribution in [3.8, 4) is 11.1 Å². The maximum Gasteiger partial charge on any atom is 0.261 e. The molecule has 0 spiro atoms. The molecule has 3 heterocycles. The molecule has 1 fully saturated rings. The summed E-state index contributed by atoms with van der Waals surface area (Å²) in [5, 5.41) is 4.36. The van der Waals surface area contributed by atoms with E-state index in [0.717, 1.165) is 28.8 Å². The molecule has 6 heteroatoms. The molecule has 1 saturated heterocycles. The predicted molar refractivity (Wildman–Crippen MR) is 104 cm³/mol. The number of nitrogens with zero attached hydrogens (tertiary/aromatic N) is 3. The van der Waals surface area contributed by atoms with Gasteiger partial charge in [-0.1, -0.05) is 30.3 Å². The number of aryl methyl sites for hydroxylation is 2. The fraction of sp³-hybridized carbons (Fsp3) is 0.286. The lowest BCUT2D eigenvalue weighted by molar-refractivity contribution is 0.0785. The molecule has 1 aromatic carbocycles. The van der Waals surface area contributed by atoms with Crippen molar-refractivity contribution in [2.75, 3.05) is 13.1 Å². The molecule has 0 aliphatic carbocycles. The van der Waals surface area contributed by atoms with Crippen LogP contribution in [-0.4, -0.2) is 38.7 Å². The number of nitrogens with one attached hydrogen (secondary N) is 1. The highest BCUT2D eigenvalue weighted by atomic mass is 16.2. The number of aromatic amines is 1. The summed E-state index contributed by atoms with van der Waals surface area (Å²) in [5.41, 5.74) is 3.56. The van der Waals surface area contributed by atoms with E-state index in [9.17, 15) is 9.59 Å². The molecule has 27 heavy (non-hydrogen) atoms. The summed E-state index contributed by atoms with van der Waals surface area (Å²) in [7, 11) is 0. The number of pyridine rings is 1. The summed E-state index contributed by atoms with van der Waals surface area (Å²) < 4.78 is 1.91. The summed E-state index contributed by atoms with van der Waals surface area (Å²) in [6, 6.07) is 11.6. The van der Waals surface area contributed by atoms with Crippen LogP contribution in [0.15, 0.2) is 53.6 Å². The second kappa shape index (κ2) is 6.87. The van der Waals surface area contributed by atoms with Crippen LogP contribution in [0.4, 0.5) is 0 Å². The number of H-pyrrole nitrogens is 1. The van der Waals surface area contributed by atoms with Crippen LogP contribution in [0.1, 0.15) is 34.1 Å². The molecule has 6 nitrogen and oxygen atoms in total. The Kier molecular flexibility index (Phi) is 4.39. The van der Waals surface area contributed by atoms with Crippen molar-refractivity contribution in [1.82, 2.24) is 19.7 Å². The van der Waals surface area contributed by atoms with Gasteiger partial charge in [-0.15, -0.1) is 0 Å². The molecule has 1 aliphatic rings. The van der Waals surface area contributed by atoms with Crippen LogP contribution < -0.4 is 5.56 Å². The monoisotopic (exact) mass is 362 g/mol. The normalized spacial score (nSPS) is 16.7. The van der Waals surface area contributed by atoms with Gasteiger partial charge in [0.25, 0.3) is 11.5 Å². The van der Waals surface area contributed by atoms with Gasteiger partial charge in [-0.05, 0) is 37.5 Å². The van der Waals surface area contributed by atoms with Crippen molar-refractivity contribution >= 4 is 5.91 Å². The van der Waals surface area contributed by atoms with Crippen LogP contribution in [0.5, 0.6) is 0 Å². The van der Waals surface area contributed by atoms with Gasteiger partial charge in [0.2, 0.25) is 0 Å². The lowest BCUT2D eigenvalue weighted by atomic mass is 10.0. The van der Waals surface area contributed by atoms with Crippen LogP contribution in [0.2, 0.25) is 0 Å². The van der Waals surface area contributed by atoms with Gasteiger partial charge in [0.1, 0.15) is 5.56 Å². The number of hydrogen-bond donors (Lipinski definition) is 1.